The van der Waals surface area contributed by atoms with E-state index in [1.165, 1.54) is 12.1 Å². The van der Waals surface area contributed by atoms with Crippen molar-refractivity contribution < 1.29 is 23.5 Å². The van der Waals surface area contributed by atoms with Crippen molar-refractivity contribution in [3.8, 4) is 11.1 Å². The Kier molecular flexibility index (Phi) is 5.40. The summed E-state index contributed by atoms with van der Waals surface area (Å²) in [6.45, 7) is 2.06. The largest absolute Gasteiger partial charge is 0.465 e. The van der Waals surface area contributed by atoms with Gasteiger partial charge >= 0.3 is 12.0 Å². The molecule has 0 bridgehead atoms. The van der Waals surface area contributed by atoms with E-state index in [1.807, 2.05) is 31.2 Å². The summed E-state index contributed by atoms with van der Waals surface area (Å²) in [6, 6.07) is 16.8. The number of esters is 1. The molecule has 0 saturated carbocycles. The topological polar surface area (TPSA) is 84.5 Å². The van der Waals surface area contributed by atoms with E-state index in [0.29, 0.717) is 29.7 Å². The first-order valence-electron chi connectivity index (χ1n) is 11.1. The molecule has 3 aromatic carbocycles. The van der Waals surface area contributed by atoms with E-state index in [9.17, 15) is 18.8 Å². The van der Waals surface area contributed by atoms with Gasteiger partial charge in [0, 0.05) is 11.3 Å². The Labute approximate surface area is 196 Å². The van der Waals surface area contributed by atoms with Gasteiger partial charge in [-0.1, -0.05) is 36.4 Å². The third-order valence-electron chi connectivity index (χ3n) is 6.52. The number of hydrogen-bond donors (Lipinski definition) is 2. The molecule has 1 saturated heterocycles. The molecule has 1 atom stereocenters. The molecule has 2 aliphatic rings. The number of fused-ring (bicyclic) bond motifs is 1. The van der Waals surface area contributed by atoms with Crippen LogP contribution < -0.4 is 10.6 Å². The highest BCUT2D eigenvalue weighted by atomic mass is 19.1. The van der Waals surface area contributed by atoms with E-state index in [0.717, 1.165) is 16.7 Å². The van der Waals surface area contributed by atoms with Crippen molar-refractivity contribution in [2.75, 3.05) is 17.2 Å². The average molecular weight is 458 g/mol. The molecule has 5 rings (SSSR count). The number of ether oxygens (including phenoxy) is 1. The molecule has 1 spiro atoms. The first-order valence-corrected chi connectivity index (χ1v) is 11.1. The van der Waals surface area contributed by atoms with Gasteiger partial charge in [-0.25, -0.2) is 9.18 Å². The number of benzene rings is 3. The van der Waals surface area contributed by atoms with Crippen LogP contribution in [0.3, 0.4) is 0 Å². The number of carbonyl (C=O) groups excluding carboxylic acids is 3. The van der Waals surface area contributed by atoms with Crippen LogP contribution >= 0.6 is 0 Å². The molecule has 0 radical (unpaired) electrons. The highest BCUT2D eigenvalue weighted by Crippen LogP contribution is 2.43. The van der Waals surface area contributed by atoms with Gasteiger partial charge in [0.15, 0.2) is 5.78 Å². The van der Waals surface area contributed by atoms with E-state index < -0.39 is 17.3 Å². The number of cyclic esters (lactones) is 1. The van der Waals surface area contributed by atoms with Crippen LogP contribution in [0.25, 0.3) is 11.1 Å². The van der Waals surface area contributed by atoms with Gasteiger partial charge in [-0.3, -0.25) is 9.59 Å². The number of nitrogens with one attached hydrogen (secondary N) is 2. The third-order valence-corrected chi connectivity index (χ3v) is 6.52. The summed E-state index contributed by atoms with van der Waals surface area (Å²) >= 11 is 0. The number of aryl methyl sites for hydroxylation is 2. The highest BCUT2D eigenvalue weighted by Gasteiger charge is 2.49. The van der Waals surface area contributed by atoms with Gasteiger partial charge in [0.05, 0.1) is 17.5 Å². The molecule has 1 heterocycles. The first-order chi connectivity index (χ1) is 16.3. The molecule has 1 aliphatic carbocycles. The minimum absolute atomic E-state index is 0.0588. The standard InChI is InChI=1S/C27H23FN2O4/c1-16-3-2-4-20(11-16)29-26(33)30-23-8-6-18(13-22(23)28)17-5-7-21-19(12-17)9-10-27(25(21)32)14-24(31)34-15-27/h2-8,11-13H,9-10,14-15H2,1H3,(H2,29,30,33). The first kappa shape index (κ1) is 21.8. The summed E-state index contributed by atoms with van der Waals surface area (Å²) in [6.07, 6.45) is 1.33. The maximum Gasteiger partial charge on any atom is 0.323 e. The molecule has 2 N–H and O–H groups in total. The molecule has 1 aliphatic heterocycles. The number of urea groups is 1. The van der Waals surface area contributed by atoms with E-state index in [4.69, 9.17) is 4.74 Å². The number of rotatable bonds is 3. The third kappa shape index (κ3) is 4.05. The predicted molar refractivity (Wildman–Crippen MR) is 126 cm³/mol. The molecule has 2 amide bonds. The maximum absolute atomic E-state index is 14.8. The summed E-state index contributed by atoms with van der Waals surface area (Å²) in [7, 11) is 0. The Balaban J connectivity index is 1.32. The van der Waals surface area contributed by atoms with Crippen molar-refractivity contribution >= 4 is 29.2 Å². The number of ketones is 1. The maximum atomic E-state index is 14.8. The van der Waals surface area contributed by atoms with Crippen LogP contribution in [-0.2, 0) is 16.0 Å². The van der Waals surface area contributed by atoms with Crippen molar-refractivity contribution in [2.24, 2.45) is 5.41 Å². The number of anilines is 2. The van der Waals surface area contributed by atoms with E-state index >= 15 is 0 Å². The Morgan fingerprint density at radius 3 is 2.53 bits per heavy atom. The molecular weight excluding hydrogens is 435 g/mol. The molecule has 1 fully saturated rings. The zero-order valence-electron chi connectivity index (χ0n) is 18.6. The monoisotopic (exact) mass is 458 g/mol. The molecule has 7 heteroatoms. The average Bonchev–Trinajstić information content (AvgIpc) is 3.19. The van der Waals surface area contributed by atoms with Crippen molar-refractivity contribution in [3.05, 3.63) is 83.2 Å². The number of amides is 2. The lowest BCUT2D eigenvalue weighted by atomic mass is 9.69. The van der Waals surface area contributed by atoms with Gasteiger partial charge < -0.3 is 15.4 Å². The van der Waals surface area contributed by atoms with Crippen LogP contribution in [0.2, 0.25) is 0 Å². The van der Waals surface area contributed by atoms with Crippen molar-refractivity contribution in [1.82, 2.24) is 0 Å². The van der Waals surface area contributed by atoms with Gasteiger partial charge in [0.25, 0.3) is 0 Å². The van der Waals surface area contributed by atoms with Gasteiger partial charge in [-0.2, -0.15) is 0 Å². The zero-order chi connectivity index (χ0) is 23.9. The molecule has 6 nitrogen and oxygen atoms in total. The van der Waals surface area contributed by atoms with Crippen LogP contribution in [-0.4, -0.2) is 24.4 Å². The molecular formula is C27H23FN2O4. The van der Waals surface area contributed by atoms with Gasteiger partial charge in [-0.15, -0.1) is 0 Å². The Hall–Kier alpha value is -4.00. The summed E-state index contributed by atoms with van der Waals surface area (Å²) in [4.78, 5) is 36.9. The van der Waals surface area contributed by atoms with Crippen LogP contribution in [0.5, 0.6) is 0 Å². The second-order valence-electron chi connectivity index (χ2n) is 8.96. The van der Waals surface area contributed by atoms with E-state index in [1.54, 1.807) is 24.3 Å². The van der Waals surface area contributed by atoms with Gasteiger partial charge in [-0.05, 0) is 66.3 Å². The van der Waals surface area contributed by atoms with Gasteiger partial charge in [0.1, 0.15) is 12.4 Å². The second kappa shape index (κ2) is 8.41. The van der Waals surface area contributed by atoms with Crippen LogP contribution in [0.15, 0.2) is 60.7 Å². The quantitative estimate of drug-likeness (QED) is 0.507. The number of carbonyl (C=O) groups is 3. The molecule has 34 heavy (non-hydrogen) atoms. The van der Waals surface area contributed by atoms with Crippen molar-refractivity contribution in [2.45, 2.75) is 26.2 Å². The van der Waals surface area contributed by atoms with Crippen molar-refractivity contribution in [1.29, 1.82) is 0 Å². The normalized spacial score (nSPS) is 19.0. The summed E-state index contributed by atoms with van der Waals surface area (Å²) in [5.74, 6) is -0.951. The molecule has 172 valence electrons. The van der Waals surface area contributed by atoms with Crippen LogP contribution in [0.1, 0.15) is 34.3 Å². The van der Waals surface area contributed by atoms with Crippen LogP contribution in [0.4, 0.5) is 20.6 Å². The fraction of sp³-hybridized carbons (Fsp3) is 0.222. The molecule has 0 aromatic heterocycles. The minimum Gasteiger partial charge on any atom is -0.465 e. The smallest absolute Gasteiger partial charge is 0.323 e. The van der Waals surface area contributed by atoms with E-state index in [2.05, 4.69) is 10.6 Å². The minimum atomic E-state index is -0.746. The fourth-order valence-corrected chi connectivity index (χ4v) is 4.68. The Bertz CT molecular complexity index is 1340. The summed E-state index contributed by atoms with van der Waals surface area (Å²) < 4.78 is 19.9. The number of Topliss-reactive ketones (excluding diaryl/α,β-unsaturated/α-hetero) is 1. The Morgan fingerprint density at radius 1 is 1.00 bits per heavy atom. The summed E-state index contributed by atoms with van der Waals surface area (Å²) in [5.41, 5.74) is 3.83. The number of hydrogen-bond acceptors (Lipinski definition) is 4. The second-order valence-corrected chi connectivity index (χ2v) is 8.96. The number of halogens is 1. The Morgan fingerprint density at radius 2 is 1.79 bits per heavy atom. The fourth-order valence-electron chi connectivity index (χ4n) is 4.68. The molecule has 1 unspecified atom stereocenters. The van der Waals surface area contributed by atoms with E-state index in [-0.39, 0.29) is 30.5 Å². The zero-order valence-corrected chi connectivity index (χ0v) is 18.6. The lowest BCUT2D eigenvalue weighted by Gasteiger charge is -2.30. The summed E-state index contributed by atoms with van der Waals surface area (Å²) in [5, 5.41) is 5.22. The van der Waals surface area contributed by atoms with Gasteiger partial charge in [0.2, 0.25) is 0 Å². The lowest BCUT2D eigenvalue weighted by molar-refractivity contribution is -0.137. The predicted octanol–water partition coefficient (Wildman–Crippen LogP) is 5.51. The highest BCUT2D eigenvalue weighted by molar-refractivity contribution is 6.06. The molecule has 3 aromatic rings. The van der Waals surface area contributed by atoms with Crippen LogP contribution in [0, 0.1) is 18.2 Å². The SMILES string of the molecule is Cc1cccc(NC(=O)Nc2ccc(-c3ccc4c(c3)CCC3(COC(=O)C3)C4=O)cc2F)c1. The lowest BCUT2D eigenvalue weighted by Crippen LogP contribution is -2.36. The van der Waals surface area contributed by atoms with Crippen molar-refractivity contribution in [3.63, 3.8) is 0 Å².